The maximum absolute atomic E-state index is 2.43. The van der Waals surface area contributed by atoms with Crippen molar-refractivity contribution in [1.82, 2.24) is 9.13 Å². The summed E-state index contributed by atoms with van der Waals surface area (Å²) in [5.41, 5.74) is 8.61. The van der Waals surface area contributed by atoms with Crippen LogP contribution in [0, 0.1) is 6.92 Å². The SMILES string of the molecule is Cc1ccc(-n2c3ccccc3c3c4ccc5c(ccc6c7ccccc7n(-c7ccccc7)c56)c4ccc32)cc1. The third kappa shape index (κ3) is 3.07. The highest BCUT2D eigenvalue weighted by atomic mass is 15.0. The Kier molecular flexibility index (Phi) is 4.57. The van der Waals surface area contributed by atoms with Crippen molar-refractivity contribution in [3.05, 3.63) is 145 Å². The average Bonchev–Trinajstić information content (AvgIpc) is 3.55. The van der Waals surface area contributed by atoms with Crippen molar-refractivity contribution in [1.29, 1.82) is 0 Å². The van der Waals surface area contributed by atoms with Crippen molar-refractivity contribution in [2.45, 2.75) is 6.92 Å². The highest BCUT2D eigenvalue weighted by molar-refractivity contribution is 6.29. The summed E-state index contributed by atoms with van der Waals surface area (Å²) >= 11 is 0. The second-order valence-electron chi connectivity index (χ2n) is 11.1. The van der Waals surface area contributed by atoms with Gasteiger partial charge in [-0.2, -0.15) is 0 Å². The number of hydrogen-bond acceptors (Lipinski definition) is 0. The molecule has 41 heavy (non-hydrogen) atoms. The van der Waals surface area contributed by atoms with Crippen LogP contribution in [0.3, 0.4) is 0 Å². The Labute approximate surface area is 237 Å². The zero-order chi connectivity index (χ0) is 27.1. The molecule has 0 aliphatic carbocycles. The van der Waals surface area contributed by atoms with Crippen molar-refractivity contribution in [3.8, 4) is 11.4 Å². The molecule has 0 aliphatic rings. The Morgan fingerprint density at radius 1 is 0.341 bits per heavy atom. The molecular formula is C39H26N2. The predicted molar refractivity (Wildman–Crippen MR) is 175 cm³/mol. The maximum atomic E-state index is 2.43. The fourth-order valence-electron chi connectivity index (χ4n) is 6.97. The monoisotopic (exact) mass is 522 g/mol. The first-order chi connectivity index (χ1) is 20.3. The third-order valence-electron chi connectivity index (χ3n) is 8.77. The van der Waals surface area contributed by atoms with Crippen LogP contribution in [0.25, 0.3) is 76.5 Å². The molecule has 0 fully saturated rings. The van der Waals surface area contributed by atoms with E-state index in [1.165, 1.54) is 82.1 Å². The van der Waals surface area contributed by atoms with Crippen molar-refractivity contribution in [2.75, 3.05) is 0 Å². The van der Waals surface area contributed by atoms with E-state index in [9.17, 15) is 0 Å². The van der Waals surface area contributed by atoms with Crippen LogP contribution in [0.4, 0.5) is 0 Å². The largest absolute Gasteiger partial charge is 0.309 e. The van der Waals surface area contributed by atoms with Crippen LogP contribution in [0.1, 0.15) is 5.56 Å². The minimum atomic E-state index is 1.18. The fraction of sp³-hybridized carbons (Fsp3) is 0.0256. The van der Waals surface area contributed by atoms with Gasteiger partial charge in [0.2, 0.25) is 0 Å². The Hall–Kier alpha value is -5.34. The minimum Gasteiger partial charge on any atom is -0.309 e. The van der Waals surface area contributed by atoms with Crippen LogP contribution in [-0.2, 0) is 0 Å². The normalized spacial score (nSPS) is 12.0. The average molecular weight is 523 g/mol. The molecule has 7 aromatic carbocycles. The molecule has 0 saturated carbocycles. The second kappa shape index (κ2) is 8.33. The summed E-state index contributed by atoms with van der Waals surface area (Å²) in [5, 5.41) is 10.3. The Balaban J connectivity index is 1.43. The minimum absolute atomic E-state index is 1.18. The number of para-hydroxylation sites is 3. The number of hydrogen-bond donors (Lipinski definition) is 0. The summed E-state index contributed by atoms with van der Waals surface area (Å²) in [4.78, 5) is 0. The number of aromatic nitrogens is 2. The van der Waals surface area contributed by atoms with Crippen molar-refractivity contribution >= 4 is 65.2 Å². The molecule has 0 spiro atoms. The van der Waals surface area contributed by atoms with E-state index in [4.69, 9.17) is 0 Å². The topological polar surface area (TPSA) is 9.86 Å². The summed E-state index contributed by atoms with van der Waals surface area (Å²) in [5.74, 6) is 0. The molecule has 0 aliphatic heterocycles. The highest BCUT2D eigenvalue weighted by Gasteiger charge is 2.18. The number of nitrogens with zero attached hydrogens (tertiary/aromatic N) is 2. The second-order valence-corrected chi connectivity index (χ2v) is 11.1. The van der Waals surface area contributed by atoms with E-state index in [0.29, 0.717) is 0 Å². The Bertz CT molecular complexity index is 2460. The van der Waals surface area contributed by atoms with Gasteiger partial charge in [0.15, 0.2) is 0 Å². The molecule has 9 rings (SSSR count). The van der Waals surface area contributed by atoms with Gasteiger partial charge in [0.25, 0.3) is 0 Å². The van der Waals surface area contributed by atoms with Gasteiger partial charge in [-0.1, -0.05) is 103 Å². The summed E-state index contributed by atoms with van der Waals surface area (Å²) < 4.78 is 4.84. The Morgan fingerprint density at radius 2 is 0.878 bits per heavy atom. The molecule has 0 N–H and O–H groups in total. The van der Waals surface area contributed by atoms with Crippen LogP contribution in [-0.4, -0.2) is 9.13 Å². The van der Waals surface area contributed by atoms with E-state index < -0.39 is 0 Å². The van der Waals surface area contributed by atoms with Gasteiger partial charge in [-0.05, 0) is 65.5 Å². The molecule has 9 aromatic rings. The third-order valence-corrected chi connectivity index (χ3v) is 8.77. The lowest BCUT2D eigenvalue weighted by Crippen LogP contribution is -1.94. The molecule has 0 bridgehead atoms. The molecule has 2 nitrogen and oxygen atoms in total. The smallest absolute Gasteiger partial charge is 0.0619 e. The summed E-state index contributed by atoms with van der Waals surface area (Å²) in [6.07, 6.45) is 0. The molecule has 2 aromatic heterocycles. The zero-order valence-corrected chi connectivity index (χ0v) is 22.7. The van der Waals surface area contributed by atoms with Gasteiger partial charge < -0.3 is 9.13 Å². The highest BCUT2D eigenvalue weighted by Crippen LogP contribution is 2.42. The van der Waals surface area contributed by atoms with Gasteiger partial charge in [0, 0.05) is 38.3 Å². The Morgan fingerprint density at radius 3 is 1.66 bits per heavy atom. The van der Waals surface area contributed by atoms with Gasteiger partial charge in [-0.3, -0.25) is 0 Å². The van der Waals surface area contributed by atoms with Gasteiger partial charge >= 0.3 is 0 Å². The number of benzene rings is 7. The van der Waals surface area contributed by atoms with E-state index >= 15 is 0 Å². The maximum Gasteiger partial charge on any atom is 0.0619 e. The lowest BCUT2D eigenvalue weighted by molar-refractivity contribution is 1.18. The van der Waals surface area contributed by atoms with Gasteiger partial charge in [-0.15, -0.1) is 0 Å². The van der Waals surface area contributed by atoms with Crippen LogP contribution in [0.15, 0.2) is 140 Å². The van der Waals surface area contributed by atoms with E-state index in [0.717, 1.165) is 0 Å². The molecule has 0 unspecified atom stereocenters. The summed E-state index contributed by atoms with van der Waals surface area (Å²) in [6.45, 7) is 2.14. The fourth-order valence-corrected chi connectivity index (χ4v) is 6.97. The van der Waals surface area contributed by atoms with Crippen molar-refractivity contribution in [2.24, 2.45) is 0 Å². The molecular weight excluding hydrogens is 496 g/mol. The van der Waals surface area contributed by atoms with E-state index in [1.54, 1.807) is 0 Å². The van der Waals surface area contributed by atoms with Crippen LogP contribution >= 0.6 is 0 Å². The first kappa shape index (κ1) is 22.5. The predicted octanol–water partition coefficient (Wildman–Crippen LogP) is 10.5. The molecule has 2 heterocycles. The van der Waals surface area contributed by atoms with Gasteiger partial charge in [0.1, 0.15) is 0 Å². The summed E-state index contributed by atoms with van der Waals surface area (Å²) in [6, 6.07) is 51.1. The van der Waals surface area contributed by atoms with Crippen LogP contribution in [0.2, 0.25) is 0 Å². The first-order valence-corrected chi connectivity index (χ1v) is 14.2. The lowest BCUT2D eigenvalue weighted by Gasteiger charge is -2.12. The zero-order valence-electron chi connectivity index (χ0n) is 22.7. The number of aryl methyl sites for hydroxylation is 1. The lowest BCUT2D eigenvalue weighted by atomic mass is 9.96. The van der Waals surface area contributed by atoms with Crippen LogP contribution in [0.5, 0.6) is 0 Å². The molecule has 0 radical (unpaired) electrons. The molecule has 192 valence electrons. The quantitative estimate of drug-likeness (QED) is 0.200. The molecule has 0 saturated heterocycles. The van der Waals surface area contributed by atoms with E-state index in [1.807, 2.05) is 0 Å². The number of fused-ring (bicyclic) bond motifs is 11. The van der Waals surface area contributed by atoms with E-state index in [2.05, 4.69) is 156 Å². The molecule has 0 atom stereocenters. The van der Waals surface area contributed by atoms with Crippen molar-refractivity contribution in [3.63, 3.8) is 0 Å². The van der Waals surface area contributed by atoms with E-state index in [-0.39, 0.29) is 0 Å². The summed E-state index contributed by atoms with van der Waals surface area (Å²) in [7, 11) is 0. The molecule has 0 amide bonds. The van der Waals surface area contributed by atoms with Crippen LogP contribution < -0.4 is 0 Å². The standard InChI is InChI=1S/C39H26N2/c1-25-15-17-27(18-16-25)40-36-14-8-6-12-34(36)38-31-20-22-32-29(28(31)23-24-37(38)40)19-21-33-30-11-5-7-13-35(30)41(39(32)33)26-9-3-2-4-10-26/h2-24H,1H3. The van der Waals surface area contributed by atoms with Gasteiger partial charge in [0.05, 0.1) is 22.1 Å². The molecule has 2 heteroatoms. The first-order valence-electron chi connectivity index (χ1n) is 14.2. The van der Waals surface area contributed by atoms with Gasteiger partial charge in [-0.25, -0.2) is 0 Å². The number of rotatable bonds is 2. The van der Waals surface area contributed by atoms with Crippen molar-refractivity contribution < 1.29 is 0 Å².